The number of piperidine rings is 1. The number of amides is 1. The Kier molecular flexibility index (Phi) is 3.29. The van der Waals surface area contributed by atoms with Crippen molar-refractivity contribution in [1.82, 2.24) is 10.2 Å². The molecule has 0 atom stereocenters. The molecule has 16 heavy (non-hydrogen) atoms. The molecule has 1 aliphatic heterocycles. The number of carbonyl (C=O) groups is 1. The van der Waals surface area contributed by atoms with E-state index in [0.29, 0.717) is 11.8 Å². The number of aryl methyl sites for hydroxylation is 1. The molecule has 1 aromatic rings. The molecule has 1 saturated heterocycles. The molecule has 88 valence electrons. The summed E-state index contributed by atoms with van der Waals surface area (Å²) in [5.41, 5.74) is 0.908. The van der Waals surface area contributed by atoms with E-state index in [4.69, 9.17) is 4.42 Å². The zero-order valence-electron chi connectivity index (χ0n) is 9.82. The van der Waals surface area contributed by atoms with Gasteiger partial charge in [0.05, 0.1) is 6.26 Å². The van der Waals surface area contributed by atoms with E-state index in [-0.39, 0.29) is 5.91 Å². The minimum absolute atomic E-state index is 0.00519. The van der Waals surface area contributed by atoms with E-state index < -0.39 is 0 Å². The third kappa shape index (κ3) is 2.11. The van der Waals surface area contributed by atoms with Crippen LogP contribution < -0.4 is 5.32 Å². The molecule has 0 spiro atoms. The highest BCUT2D eigenvalue weighted by Gasteiger charge is 2.25. The van der Waals surface area contributed by atoms with Crippen LogP contribution in [0.4, 0.5) is 0 Å². The predicted molar refractivity (Wildman–Crippen MR) is 61.4 cm³/mol. The first-order valence-corrected chi connectivity index (χ1v) is 5.72. The molecule has 4 heteroatoms. The maximum atomic E-state index is 12.1. The van der Waals surface area contributed by atoms with Crippen LogP contribution in [0.3, 0.4) is 0 Å². The van der Waals surface area contributed by atoms with Gasteiger partial charge in [-0.15, -0.1) is 0 Å². The standard InChI is InChI=1S/C12H18N2O2/c1-9-5-8-16-11(9)12(15)14(2)10-3-6-13-7-4-10/h5,8,10,13H,3-4,6-7H2,1-2H3. The summed E-state index contributed by atoms with van der Waals surface area (Å²) in [5.74, 6) is 0.468. The molecule has 4 nitrogen and oxygen atoms in total. The maximum Gasteiger partial charge on any atom is 0.289 e. The molecule has 2 heterocycles. The van der Waals surface area contributed by atoms with E-state index in [1.165, 1.54) is 0 Å². The Morgan fingerprint density at radius 3 is 2.75 bits per heavy atom. The highest BCUT2D eigenvalue weighted by molar-refractivity contribution is 5.92. The molecule has 0 bridgehead atoms. The van der Waals surface area contributed by atoms with Crippen molar-refractivity contribution in [2.24, 2.45) is 0 Å². The molecule has 0 aromatic carbocycles. The Bertz CT molecular complexity index is 367. The summed E-state index contributed by atoms with van der Waals surface area (Å²) in [6.45, 7) is 3.87. The average molecular weight is 222 g/mol. The van der Waals surface area contributed by atoms with Gasteiger partial charge < -0.3 is 14.6 Å². The first-order chi connectivity index (χ1) is 7.70. The SMILES string of the molecule is Cc1ccoc1C(=O)N(C)C1CCNCC1. The van der Waals surface area contributed by atoms with E-state index in [9.17, 15) is 4.79 Å². The molecule has 1 aliphatic rings. The summed E-state index contributed by atoms with van der Waals surface area (Å²) in [5, 5.41) is 3.29. The lowest BCUT2D eigenvalue weighted by Gasteiger charge is -2.31. The summed E-state index contributed by atoms with van der Waals surface area (Å²) < 4.78 is 5.23. The summed E-state index contributed by atoms with van der Waals surface area (Å²) in [4.78, 5) is 13.9. The molecule has 1 fully saturated rings. The molecular formula is C12H18N2O2. The van der Waals surface area contributed by atoms with Crippen molar-refractivity contribution in [3.8, 4) is 0 Å². The van der Waals surface area contributed by atoms with Gasteiger partial charge in [-0.2, -0.15) is 0 Å². The Labute approximate surface area is 95.6 Å². The van der Waals surface area contributed by atoms with Crippen LogP contribution in [0.1, 0.15) is 29.0 Å². The number of hydrogen-bond donors (Lipinski definition) is 1. The van der Waals surface area contributed by atoms with Crippen LogP contribution in [0.5, 0.6) is 0 Å². The largest absolute Gasteiger partial charge is 0.459 e. The van der Waals surface area contributed by atoms with E-state index >= 15 is 0 Å². The van der Waals surface area contributed by atoms with Gasteiger partial charge in [0.2, 0.25) is 0 Å². The maximum absolute atomic E-state index is 12.1. The van der Waals surface area contributed by atoms with Gasteiger partial charge in [0.25, 0.3) is 5.91 Å². The Morgan fingerprint density at radius 2 is 2.19 bits per heavy atom. The zero-order chi connectivity index (χ0) is 11.5. The van der Waals surface area contributed by atoms with Crippen LogP contribution in [0, 0.1) is 6.92 Å². The van der Waals surface area contributed by atoms with E-state index in [1.807, 2.05) is 24.9 Å². The van der Waals surface area contributed by atoms with Crippen molar-refractivity contribution in [1.29, 1.82) is 0 Å². The fourth-order valence-corrected chi connectivity index (χ4v) is 2.11. The van der Waals surface area contributed by atoms with Gasteiger partial charge in [-0.1, -0.05) is 0 Å². The molecule has 0 unspecified atom stereocenters. The van der Waals surface area contributed by atoms with Crippen molar-refractivity contribution in [2.75, 3.05) is 20.1 Å². The van der Waals surface area contributed by atoms with Crippen molar-refractivity contribution in [2.45, 2.75) is 25.8 Å². The summed E-state index contributed by atoms with van der Waals surface area (Å²) >= 11 is 0. The second-order valence-electron chi connectivity index (χ2n) is 4.33. The number of carbonyl (C=O) groups excluding carboxylic acids is 1. The molecule has 1 amide bonds. The van der Waals surface area contributed by atoms with Crippen LogP contribution in [-0.2, 0) is 0 Å². The van der Waals surface area contributed by atoms with Crippen LogP contribution >= 0.6 is 0 Å². The van der Waals surface area contributed by atoms with E-state index in [0.717, 1.165) is 31.5 Å². The Hall–Kier alpha value is -1.29. The van der Waals surface area contributed by atoms with Gasteiger partial charge in [0.1, 0.15) is 0 Å². The topological polar surface area (TPSA) is 45.5 Å². The number of rotatable bonds is 2. The van der Waals surface area contributed by atoms with Crippen molar-refractivity contribution in [3.63, 3.8) is 0 Å². The van der Waals surface area contributed by atoms with Gasteiger partial charge in [-0.3, -0.25) is 4.79 Å². The second kappa shape index (κ2) is 4.70. The van der Waals surface area contributed by atoms with Crippen molar-refractivity contribution in [3.05, 3.63) is 23.7 Å². The number of nitrogens with zero attached hydrogens (tertiary/aromatic N) is 1. The lowest BCUT2D eigenvalue weighted by molar-refractivity contribution is 0.0670. The number of nitrogens with one attached hydrogen (secondary N) is 1. The van der Waals surface area contributed by atoms with Crippen molar-refractivity contribution >= 4 is 5.91 Å². The number of hydrogen-bond acceptors (Lipinski definition) is 3. The molecule has 0 saturated carbocycles. The van der Waals surface area contributed by atoms with Crippen LogP contribution in [0.2, 0.25) is 0 Å². The normalized spacial score (nSPS) is 17.4. The molecular weight excluding hydrogens is 204 g/mol. The monoisotopic (exact) mass is 222 g/mol. The lowest BCUT2D eigenvalue weighted by Crippen LogP contribution is -2.44. The quantitative estimate of drug-likeness (QED) is 0.823. The molecule has 0 radical (unpaired) electrons. The van der Waals surface area contributed by atoms with Gasteiger partial charge >= 0.3 is 0 Å². The van der Waals surface area contributed by atoms with E-state index in [2.05, 4.69) is 5.32 Å². The minimum Gasteiger partial charge on any atom is -0.459 e. The molecule has 2 rings (SSSR count). The first-order valence-electron chi connectivity index (χ1n) is 5.72. The van der Waals surface area contributed by atoms with E-state index in [1.54, 1.807) is 6.26 Å². The molecule has 1 aromatic heterocycles. The second-order valence-corrected chi connectivity index (χ2v) is 4.33. The zero-order valence-corrected chi connectivity index (χ0v) is 9.82. The predicted octanol–water partition coefficient (Wildman–Crippen LogP) is 1.41. The molecule has 0 aliphatic carbocycles. The van der Waals surface area contributed by atoms with Gasteiger partial charge in [0, 0.05) is 18.7 Å². The highest BCUT2D eigenvalue weighted by Crippen LogP contribution is 2.16. The van der Waals surface area contributed by atoms with Crippen LogP contribution in [0.15, 0.2) is 16.7 Å². The van der Waals surface area contributed by atoms with Gasteiger partial charge in [-0.05, 0) is 38.9 Å². The fraction of sp³-hybridized carbons (Fsp3) is 0.583. The Morgan fingerprint density at radius 1 is 1.50 bits per heavy atom. The van der Waals surface area contributed by atoms with Crippen LogP contribution in [0.25, 0.3) is 0 Å². The summed E-state index contributed by atoms with van der Waals surface area (Å²) in [6.07, 6.45) is 3.60. The third-order valence-electron chi connectivity index (χ3n) is 3.23. The molecule has 1 N–H and O–H groups in total. The fourth-order valence-electron chi connectivity index (χ4n) is 2.11. The Balaban J connectivity index is 2.06. The van der Waals surface area contributed by atoms with Gasteiger partial charge in [0.15, 0.2) is 5.76 Å². The minimum atomic E-state index is -0.00519. The number of furan rings is 1. The summed E-state index contributed by atoms with van der Waals surface area (Å²) in [6, 6.07) is 2.15. The average Bonchev–Trinajstić information content (AvgIpc) is 2.75. The first kappa shape index (κ1) is 11.2. The smallest absolute Gasteiger partial charge is 0.289 e. The van der Waals surface area contributed by atoms with Gasteiger partial charge in [-0.25, -0.2) is 0 Å². The van der Waals surface area contributed by atoms with Crippen LogP contribution in [-0.4, -0.2) is 37.0 Å². The van der Waals surface area contributed by atoms with Crippen molar-refractivity contribution < 1.29 is 9.21 Å². The highest BCUT2D eigenvalue weighted by atomic mass is 16.3. The lowest BCUT2D eigenvalue weighted by atomic mass is 10.0. The third-order valence-corrected chi connectivity index (χ3v) is 3.23. The summed E-state index contributed by atoms with van der Waals surface area (Å²) in [7, 11) is 1.86.